The molecule has 2 aromatic rings. The van der Waals surface area contributed by atoms with E-state index in [0.29, 0.717) is 18.3 Å². The predicted octanol–water partition coefficient (Wildman–Crippen LogP) is 2.62. The van der Waals surface area contributed by atoms with E-state index in [1.54, 1.807) is 0 Å². The molecule has 1 amide bonds. The molecule has 2 heterocycles. The second-order valence-electron chi connectivity index (χ2n) is 7.28. The molecule has 4 rings (SSSR count). The lowest BCUT2D eigenvalue weighted by atomic mass is 10.0. The van der Waals surface area contributed by atoms with E-state index >= 15 is 0 Å². The van der Waals surface area contributed by atoms with Gasteiger partial charge in [-0.05, 0) is 37.7 Å². The number of aryl methyl sites for hydroxylation is 1. The third kappa shape index (κ3) is 3.50. The van der Waals surface area contributed by atoms with Crippen LogP contribution in [0.3, 0.4) is 0 Å². The Hall–Kier alpha value is -2.17. The fourth-order valence-corrected chi connectivity index (χ4v) is 3.42. The third-order valence-electron chi connectivity index (χ3n) is 5.09. The highest BCUT2D eigenvalue weighted by Crippen LogP contribution is 2.37. The highest BCUT2D eigenvalue weighted by molar-refractivity contribution is 5.79. The molecular formula is C19H24N4O. The molecule has 5 nitrogen and oxygen atoms in total. The Morgan fingerprint density at radius 2 is 2.04 bits per heavy atom. The smallest absolute Gasteiger partial charge is 0.226 e. The molecule has 2 fully saturated rings. The van der Waals surface area contributed by atoms with E-state index in [-0.39, 0.29) is 5.91 Å². The van der Waals surface area contributed by atoms with Gasteiger partial charge in [-0.2, -0.15) is 5.10 Å². The third-order valence-corrected chi connectivity index (χ3v) is 5.09. The maximum Gasteiger partial charge on any atom is 0.226 e. The van der Waals surface area contributed by atoms with Gasteiger partial charge >= 0.3 is 0 Å². The molecule has 1 aromatic carbocycles. The van der Waals surface area contributed by atoms with Crippen LogP contribution in [0.25, 0.3) is 0 Å². The molecule has 0 radical (unpaired) electrons. The molecule has 1 unspecified atom stereocenters. The topological polar surface area (TPSA) is 61.9 Å². The van der Waals surface area contributed by atoms with Crippen molar-refractivity contribution in [1.29, 1.82) is 0 Å². The Labute approximate surface area is 142 Å². The van der Waals surface area contributed by atoms with E-state index in [4.69, 9.17) is 0 Å². The number of carbonyl (C=O) groups is 1. The van der Waals surface area contributed by atoms with E-state index in [0.717, 1.165) is 43.1 Å². The van der Waals surface area contributed by atoms with Gasteiger partial charge in [-0.25, -0.2) is 4.98 Å². The van der Waals surface area contributed by atoms with Gasteiger partial charge in [0.15, 0.2) is 5.82 Å². The number of carbonyl (C=O) groups excluding carboxylic acids is 1. The Morgan fingerprint density at radius 3 is 2.79 bits per heavy atom. The molecule has 2 aliphatic rings. The summed E-state index contributed by atoms with van der Waals surface area (Å²) in [5, 5.41) is 7.40. The minimum Gasteiger partial charge on any atom is -0.342 e. The van der Waals surface area contributed by atoms with Gasteiger partial charge < -0.3 is 4.90 Å². The summed E-state index contributed by atoms with van der Waals surface area (Å²) in [5.41, 5.74) is 2.32. The summed E-state index contributed by atoms with van der Waals surface area (Å²) >= 11 is 0. The van der Waals surface area contributed by atoms with Crippen molar-refractivity contribution in [3.05, 3.63) is 47.0 Å². The summed E-state index contributed by atoms with van der Waals surface area (Å²) in [6.07, 6.45) is 4.90. The average molecular weight is 324 g/mol. The quantitative estimate of drug-likeness (QED) is 0.919. The number of nitrogens with zero attached hydrogens (tertiary/aromatic N) is 3. The number of amides is 1. The van der Waals surface area contributed by atoms with Gasteiger partial charge in [0.1, 0.15) is 5.82 Å². The van der Waals surface area contributed by atoms with Crippen molar-refractivity contribution >= 4 is 5.91 Å². The van der Waals surface area contributed by atoms with Crippen molar-refractivity contribution in [2.45, 2.75) is 44.9 Å². The van der Waals surface area contributed by atoms with Crippen LogP contribution in [-0.2, 0) is 17.6 Å². The molecule has 1 aliphatic heterocycles. The van der Waals surface area contributed by atoms with Crippen LogP contribution in [0, 0.1) is 12.8 Å². The van der Waals surface area contributed by atoms with Crippen LogP contribution in [0.15, 0.2) is 24.3 Å². The van der Waals surface area contributed by atoms with E-state index in [9.17, 15) is 4.79 Å². The fourth-order valence-electron chi connectivity index (χ4n) is 3.42. The minimum absolute atomic E-state index is 0.234. The zero-order valence-electron chi connectivity index (χ0n) is 14.2. The molecule has 126 valence electrons. The van der Waals surface area contributed by atoms with E-state index in [1.807, 2.05) is 4.90 Å². The molecule has 0 spiro atoms. The normalized spacial score (nSPS) is 20.5. The Bertz CT molecular complexity index is 717. The summed E-state index contributed by atoms with van der Waals surface area (Å²) in [6, 6.07) is 8.23. The first-order chi connectivity index (χ1) is 11.7. The first-order valence-corrected chi connectivity index (χ1v) is 8.92. The highest BCUT2D eigenvalue weighted by atomic mass is 16.2. The van der Waals surface area contributed by atoms with Crippen molar-refractivity contribution in [3.63, 3.8) is 0 Å². The van der Waals surface area contributed by atoms with Crippen LogP contribution in [0.4, 0.5) is 0 Å². The number of aromatic amines is 1. The molecule has 0 bridgehead atoms. The lowest BCUT2D eigenvalue weighted by Crippen LogP contribution is -2.30. The predicted molar refractivity (Wildman–Crippen MR) is 91.6 cm³/mol. The minimum atomic E-state index is 0.234. The number of nitrogens with one attached hydrogen (secondary N) is 1. The van der Waals surface area contributed by atoms with Gasteiger partial charge in [0.25, 0.3) is 0 Å². The number of benzene rings is 1. The van der Waals surface area contributed by atoms with Crippen LogP contribution in [0.2, 0.25) is 0 Å². The van der Waals surface area contributed by atoms with E-state index in [1.165, 1.54) is 18.4 Å². The maximum atomic E-state index is 12.5. The molecule has 1 aliphatic carbocycles. The maximum absolute atomic E-state index is 12.5. The first kappa shape index (κ1) is 15.4. The van der Waals surface area contributed by atoms with E-state index in [2.05, 4.69) is 46.4 Å². The average Bonchev–Trinajstić information content (AvgIpc) is 3.14. The number of H-pyrrole nitrogens is 1. The number of hydrogen-bond donors (Lipinski definition) is 1. The second-order valence-corrected chi connectivity index (χ2v) is 7.28. The molecule has 1 aromatic heterocycles. The molecule has 1 atom stereocenters. The Morgan fingerprint density at radius 1 is 1.25 bits per heavy atom. The van der Waals surface area contributed by atoms with Gasteiger partial charge in [0, 0.05) is 25.4 Å². The zero-order chi connectivity index (χ0) is 16.5. The lowest BCUT2D eigenvalue weighted by molar-refractivity contribution is -0.129. The van der Waals surface area contributed by atoms with Crippen LogP contribution >= 0.6 is 0 Å². The van der Waals surface area contributed by atoms with Crippen LogP contribution in [0.1, 0.15) is 48.0 Å². The highest BCUT2D eigenvalue weighted by Gasteiger charge is 2.30. The van der Waals surface area contributed by atoms with Crippen LogP contribution < -0.4 is 0 Å². The number of aromatic nitrogens is 3. The molecule has 5 heteroatoms. The van der Waals surface area contributed by atoms with Gasteiger partial charge in [0.05, 0.1) is 6.42 Å². The molecule has 1 saturated carbocycles. The summed E-state index contributed by atoms with van der Waals surface area (Å²) < 4.78 is 0. The van der Waals surface area contributed by atoms with Crippen molar-refractivity contribution < 1.29 is 4.79 Å². The van der Waals surface area contributed by atoms with E-state index < -0.39 is 0 Å². The Kier molecular flexibility index (Phi) is 4.08. The van der Waals surface area contributed by atoms with Crippen LogP contribution in [-0.4, -0.2) is 39.1 Å². The first-order valence-electron chi connectivity index (χ1n) is 8.92. The summed E-state index contributed by atoms with van der Waals surface area (Å²) in [6.45, 7) is 3.76. The lowest BCUT2D eigenvalue weighted by Gasteiger charge is -2.16. The van der Waals surface area contributed by atoms with Crippen molar-refractivity contribution in [2.24, 2.45) is 5.92 Å². The van der Waals surface area contributed by atoms with Crippen LogP contribution in [0.5, 0.6) is 0 Å². The van der Waals surface area contributed by atoms with Gasteiger partial charge in [-0.15, -0.1) is 0 Å². The van der Waals surface area contributed by atoms with Gasteiger partial charge in [-0.1, -0.05) is 29.8 Å². The number of rotatable bonds is 5. The largest absolute Gasteiger partial charge is 0.342 e. The molecule has 1 saturated heterocycles. The SMILES string of the molecule is Cc1ccc(CC(=O)N2CCC(Cc3nc(C4CC4)n[nH]3)C2)cc1. The molecule has 1 N–H and O–H groups in total. The second kappa shape index (κ2) is 6.38. The Balaban J connectivity index is 1.30. The summed E-state index contributed by atoms with van der Waals surface area (Å²) in [7, 11) is 0. The summed E-state index contributed by atoms with van der Waals surface area (Å²) in [4.78, 5) is 19.1. The van der Waals surface area contributed by atoms with Gasteiger partial charge in [-0.3, -0.25) is 9.89 Å². The standard InChI is InChI=1S/C19H24N4O/c1-13-2-4-14(5-3-13)11-18(24)23-9-8-15(12-23)10-17-20-19(22-21-17)16-6-7-16/h2-5,15-16H,6-12H2,1H3,(H,20,21,22). The monoisotopic (exact) mass is 324 g/mol. The number of likely N-dealkylation sites (tertiary alicyclic amines) is 1. The fraction of sp³-hybridized carbons (Fsp3) is 0.526. The summed E-state index contributed by atoms with van der Waals surface area (Å²) in [5.74, 6) is 3.28. The zero-order valence-corrected chi connectivity index (χ0v) is 14.2. The number of hydrogen-bond acceptors (Lipinski definition) is 3. The molecule has 24 heavy (non-hydrogen) atoms. The molecular weight excluding hydrogens is 300 g/mol. The van der Waals surface area contributed by atoms with Crippen molar-refractivity contribution in [3.8, 4) is 0 Å². The van der Waals surface area contributed by atoms with Gasteiger partial charge in [0.2, 0.25) is 5.91 Å². The van der Waals surface area contributed by atoms with Crippen molar-refractivity contribution in [1.82, 2.24) is 20.1 Å². The van der Waals surface area contributed by atoms with Crippen molar-refractivity contribution in [2.75, 3.05) is 13.1 Å².